The highest BCUT2D eigenvalue weighted by Crippen LogP contribution is 2.31. The van der Waals surface area contributed by atoms with Crippen LogP contribution in [0.25, 0.3) is 0 Å². The topological polar surface area (TPSA) is 74.2 Å². The standard InChI is InChI=1S/C18H19N3O2/c1-2-18(23,16(22)13-7-4-3-5-8-13)14-9-6-10-19-15(14)17-20-11-12-21-17/h2-10,17,20-21,23H,1,11-12H2. The zero-order chi connectivity index (χ0) is 16.3. The maximum Gasteiger partial charge on any atom is 0.203 e. The molecule has 3 N–H and O–H groups in total. The van der Waals surface area contributed by atoms with Crippen molar-refractivity contribution in [1.82, 2.24) is 15.6 Å². The second kappa shape index (κ2) is 6.42. The van der Waals surface area contributed by atoms with E-state index >= 15 is 0 Å². The summed E-state index contributed by atoms with van der Waals surface area (Å²) in [4.78, 5) is 17.2. The Balaban J connectivity index is 2.07. The van der Waals surface area contributed by atoms with Gasteiger partial charge in [0.2, 0.25) is 5.78 Å². The molecule has 1 saturated heterocycles. The number of nitrogens with zero attached hydrogens (tertiary/aromatic N) is 1. The van der Waals surface area contributed by atoms with E-state index < -0.39 is 11.4 Å². The molecule has 2 heterocycles. The van der Waals surface area contributed by atoms with Gasteiger partial charge in [-0.15, -0.1) is 0 Å². The van der Waals surface area contributed by atoms with Gasteiger partial charge in [0.05, 0.1) is 5.69 Å². The minimum atomic E-state index is -1.82. The second-order valence-corrected chi connectivity index (χ2v) is 5.44. The number of nitrogens with one attached hydrogen (secondary N) is 2. The average molecular weight is 309 g/mol. The predicted octanol–water partition coefficient (Wildman–Crippen LogP) is 1.53. The van der Waals surface area contributed by atoms with Gasteiger partial charge in [0.15, 0.2) is 5.60 Å². The van der Waals surface area contributed by atoms with Crippen LogP contribution in [-0.2, 0) is 5.60 Å². The molecule has 1 aromatic carbocycles. The van der Waals surface area contributed by atoms with Crippen LogP contribution in [0.15, 0.2) is 61.3 Å². The lowest BCUT2D eigenvalue weighted by atomic mass is 9.84. The fourth-order valence-electron chi connectivity index (χ4n) is 2.80. The van der Waals surface area contributed by atoms with E-state index in [9.17, 15) is 9.90 Å². The molecule has 1 aliphatic rings. The van der Waals surface area contributed by atoms with Crippen LogP contribution in [0.4, 0.5) is 0 Å². The molecular weight excluding hydrogens is 290 g/mol. The van der Waals surface area contributed by atoms with Crippen molar-refractivity contribution in [2.45, 2.75) is 11.8 Å². The van der Waals surface area contributed by atoms with Crippen molar-refractivity contribution in [3.05, 3.63) is 78.1 Å². The molecule has 0 aliphatic carbocycles. The summed E-state index contributed by atoms with van der Waals surface area (Å²) in [5.74, 6) is -0.416. The van der Waals surface area contributed by atoms with Gasteiger partial charge < -0.3 is 5.11 Å². The fourth-order valence-corrected chi connectivity index (χ4v) is 2.80. The van der Waals surface area contributed by atoms with E-state index in [1.807, 2.05) is 6.07 Å². The summed E-state index contributed by atoms with van der Waals surface area (Å²) in [7, 11) is 0. The molecule has 0 saturated carbocycles. The molecular formula is C18H19N3O2. The Morgan fingerprint density at radius 3 is 2.57 bits per heavy atom. The third-order valence-corrected chi connectivity index (χ3v) is 4.02. The Hall–Kier alpha value is -2.34. The van der Waals surface area contributed by atoms with E-state index in [4.69, 9.17) is 0 Å². The molecule has 1 unspecified atom stereocenters. The van der Waals surface area contributed by atoms with Crippen molar-refractivity contribution in [2.75, 3.05) is 13.1 Å². The fraction of sp³-hybridized carbons (Fsp3) is 0.222. The van der Waals surface area contributed by atoms with Crippen LogP contribution in [0.3, 0.4) is 0 Å². The molecule has 3 rings (SSSR count). The molecule has 5 heteroatoms. The summed E-state index contributed by atoms with van der Waals surface area (Å²) < 4.78 is 0. The lowest BCUT2D eigenvalue weighted by Crippen LogP contribution is -2.37. The van der Waals surface area contributed by atoms with Gasteiger partial charge in [0.1, 0.15) is 6.17 Å². The number of aromatic nitrogens is 1. The van der Waals surface area contributed by atoms with Crippen LogP contribution in [-0.4, -0.2) is 29.0 Å². The molecule has 118 valence electrons. The Kier molecular flexibility index (Phi) is 4.34. The number of hydrogen-bond donors (Lipinski definition) is 3. The predicted molar refractivity (Wildman–Crippen MR) is 87.8 cm³/mol. The van der Waals surface area contributed by atoms with Gasteiger partial charge in [-0.2, -0.15) is 0 Å². The van der Waals surface area contributed by atoms with E-state index in [0.717, 1.165) is 13.1 Å². The first kappa shape index (κ1) is 15.6. The van der Waals surface area contributed by atoms with Crippen LogP contribution in [0.1, 0.15) is 27.8 Å². The van der Waals surface area contributed by atoms with Crippen LogP contribution in [0.2, 0.25) is 0 Å². The number of ketones is 1. The van der Waals surface area contributed by atoms with Crippen LogP contribution < -0.4 is 10.6 Å². The lowest BCUT2D eigenvalue weighted by molar-refractivity contribution is 0.0512. The van der Waals surface area contributed by atoms with Crippen molar-refractivity contribution in [3.8, 4) is 0 Å². The summed E-state index contributed by atoms with van der Waals surface area (Å²) in [5.41, 5.74) is -0.346. The number of rotatable bonds is 5. The van der Waals surface area contributed by atoms with E-state index in [0.29, 0.717) is 16.8 Å². The monoisotopic (exact) mass is 309 g/mol. The van der Waals surface area contributed by atoms with Gasteiger partial charge >= 0.3 is 0 Å². The highest BCUT2D eigenvalue weighted by atomic mass is 16.3. The van der Waals surface area contributed by atoms with Gasteiger partial charge in [0, 0.05) is 30.4 Å². The normalized spacial score (nSPS) is 17.6. The van der Waals surface area contributed by atoms with Crippen molar-refractivity contribution in [2.24, 2.45) is 0 Å². The maximum atomic E-state index is 12.9. The minimum Gasteiger partial charge on any atom is -0.373 e. The first-order chi connectivity index (χ1) is 11.2. The number of benzene rings is 1. The Morgan fingerprint density at radius 2 is 1.91 bits per heavy atom. The average Bonchev–Trinajstić information content (AvgIpc) is 3.15. The molecule has 1 atom stereocenters. The first-order valence-electron chi connectivity index (χ1n) is 7.55. The maximum absolute atomic E-state index is 12.9. The number of Topliss-reactive ketones (excluding diaryl/α,β-unsaturated/α-hetero) is 1. The zero-order valence-corrected chi connectivity index (χ0v) is 12.7. The first-order valence-corrected chi connectivity index (χ1v) is 7.55. The van der Waals surface area contributed by atoms with E-state index in [-0.39, 0.29) is 6.17 Å². The summed E-state index contributed by atoms with van der Waals surface area (Å²) in [6, 6.07) is 12.1. The van der Waals surface area contributed by atoms with Crippen molar-refractivity contribution < 1.29 is 9.90 Å². The summed E-state index contributed by atoms with van der Waals surface area (Å²) in [6.45, 7) is 5.29. The molecule has 5 nitrogen and oxygen atoms in total. The number of carbonyl (C=O) groups is 1. The molecule has 0 radical (unpaired) electrons. The summed E-state index contributed by atoms with van der Waals surface area (Å²) in [6.07, 6.45) is 2.73. The second-order valence-electron chi connectivity index (χ2n) is 5.44. The van der Waals surface area contributed by atoms with Crippen LogP contribution in [0, 0.1) is 0 Å². The molecule has 0 amide bonds. The molecule has 0 spiro atoms. The molecule has 2 aromatic rings. The van der Waals surface area contributed by atoms with Crippen LogP contribution in [0.5, 0.6) is 0 Å². The number of aliphatic hydroxyl groups is 1. The van der Waals surface area contributed by atoms with Gasteiger partial charge in [-0.3, -0.25) is 20.4 Å². The molecule has 0 bridgehead atoms. The highest BCUT2D eigenvalue weighted by Gasteiger charge is 2.39. The third-order valence-electron chi connectivity index (χ3n) is 4.02. The zero-order valence-electron chi connectivity index (χ0n) is 12.7. The van der Waals surface area contributed by atoms with Crippen molar-refractivity contribution >= 4 is 5.78 Å². The molecule has 1 aliphatic heterocycles. The van der Waals surface area contributed by atoms with Gasteiger partial charge in [-0.1, -0.05) is 43.0 Å². The Bertz CT molecular complexity index is 711. The van der Waals surface area contributed by atoms with E-state index in [1.54, 1.807) is 42.6 Å². The minimum absolute atomic E-state index is 0.193. The van der Waals surface area contributed by atoms with Crippen molar-refractivity contribution in [3.63, 3.8) is 0 Å². The smallest absolute Gasteiger partial charge is 0.203 e. The van der Waals surface area contributed by atoms with Crippen LogP contribution >= 0.6 is 0 Å². The summed E-state index contributed by atoms with van der Waals surface area (Å²) in [5, 5.41) is 17.6. The van der Waals surface area contributed by atoms with E-state index in [1.165, 1.54) is 6.08 Å². The number of hydrogen-bond acceptors (Lipinski definition) is 5. The molecule has 23 heavy (non-hydrogen) atoms. The Labute approximate surface area is 135 Å². The van der Waals surface area contributed by atoms with Gasteiger partial charge in [0.25, 0.3) is 0 Å². The largest absolute Gasteiger partial charge is 0.373 e. The van der Waals surface area contributed by atoms with Gasteiger partial charge in [-0.25, -0.2) is 0 Å². The molecule has 1 fully saturated rings. The Morgan fingerprint density at radius 1 is 1.22 bits per heavy atom. The molecule has 1 aromatic heterocycles. The highest BCUT2D eigenvalue weighted by molar-refractivity contribution is 6.04. The quantitative estimate of drug-likeness (QED) is 0.577. The summed E-state index contributed by atoms with van der Waals surface area (Å²) >= 11 is 0. The van der Waals surface area contributed by atoms with E-state index in [2.05, 4.69) is 22.2 Å². The SMILES string of the molecule is C=CC(O)(C(=O)c1ccccc1)c1cccnc1C1NCCN1. The lowest BCUT2D eigenvalue weighted by Gasteiger charge is -2.27. The third kappa shape index (κ3) is 2.82. The number of pyridine rings is 1. The van der Waals surface area contributed by atoms with Crippen molar-refractivity contribution in [1.29, 1.82) is 0 Å². The van der Waals surface area contributed by atoms with Gasteiger partial charge in [-0.05, 0) is 12.1 Å². The number of carbonyl (C=O) groups excluding carboxylic acids is 1.